The maximum Gasteiger partial charge on any atom is 0.371 e. The van der Waals surface area contributed by atoms with Crippen molar-refractivity contribution >= 4 is 16.0 Å². The first-order valence-corrected chi connectivity index (χ1v) is 7.55. The number of carboxylic acid groups (broad SMARTS) is 1. The van der Waals surface area contributed by atoms with Gasteiger partial charge in [-0.15, -0.1) is 0 Å². The number of aromatic carboxylic acids is 1. The Morgan fingerprint density at radius 2 is 2.19 bits per heavy atom. The highest BCUT2D eigenvalue weighted by Crippen LogP contribution is 2.22. The molecule has 0 fully saturated rings. The second-order valence-electron chi connectivity index (χ2n) is 4.47. The van der Waals surface area contributed by atoms with Gasteiger partial charge in [-0.1, -0.05) is 6.07 Å². The zero-order valence-corrected chi connectivity index (χ0v) is 12.2. The zero-order valence-electron chi connectivity index (χ0n) is 11.4. The minimum atomic E-state index is -3.89. The van der Waals surface area contributed by atoms with Gasteiger partial charge in [0.2, 0.25) is 15.8 Å². The maximum atomic E-state index is 12.3. The summed E-state index contributed by atoms with van der Waals surface area (Å²) in [7, 11) is -3.89. The van der Waals surface area contributed by atoms with Crippen molar-refractivity contribution in [2.24, 2.45) is 0 Å². The monoisotopic (exact) mass is 310 g/mol. The maximum absolute atomic E-state index is 12.3. The molecule has 1 unspecified atom stereocenters. The molecule has 0 aliphatic rings. The van der Waals surface area contributed by atoms with E-state index in [1.165, 1.54) is 6.92 Å². The Balaban J connectivity index is 2.29. The first-order valence-electron chi connectivity index (χ1n) is 6.07. The fourth-order valence-corrected chi connectivity index (χ4v) is 3.24. The number of pyridine rings is 1. The average Bonchev–Trinajstić information content (AvgIpc) is 2.82. The summed E-state index contributed by atoms with van der Waals surface area (Å²) in [5.74, 6) is -1.71. The van der Waals surface area contributed by atoms with Gasteiger partial charge in [0.1, 0.15) is 10.7 Å². The minimum absolute atomic E-state index is 0.0262. The molecule has 21 heavy (non-hydrogen) atoms. The van der Waals surface area contributed by atoms with Crippen LogP contribution < -0.4 is 4.72 Å². The molecule has 7 nitrogen and oxygen atoms in total. The summed E-state index contributed by atoms with van der Waals surface area (Å²) >= 11 is 0. The van der Waals surface area contributed by atoms with Crippen LogP contribution in [-0.4, -0.2) is 24.5 Å². The van der Waals surface area contributed by atoms with E-state index < -0.39 is 27.8 Å². The third-order valence-corrected chi connectivity index (χ3v) is 4.54. The van der Waals surface area contributed by atoms with E-state index in [-0.39, 0.29) is 10.7 Å². The molecule has 0 bridgehead atoms. The van der Waals surface area contributed by atoms with Crippen LogP contribution >= 0.6 is 0 Å². The Morgan fingerprint density at radius 1 is 1.48 bits per heavy atom. The highest BCUT2D eigenvalue weighted by atomic mass is 32.2. The van der Waals surface area contributed by atoms with E-state index in [9.17, 15) is 13.2 Å². The van der Waals surface area contributed by atoms with Crippen molar-refractivity contribution in [3.05, 3.63) is 47.7 Å². The molecule has 8 heteroatoms. The number of furan rings is 1. The lowest BCUT2D eigenvalue weighted by Crippen LogP contribution is -2.27. The van der Waals surface area contributed by atoms with E-state index >= 15 is 0 Å². The van der Waals surface area contributed by atoms with Gasteiger partial charge in [-0.05, 0) is 25.5 Å². The number of carbonyl (C=O) groups is 1. The zero-order chi connectivity index (χ0) is 15.6. The molecule has 2 N–H and O–H groups in total. The molecule has 0 aromatic carbocycles. The smallest absolute Gasteiger partial charge is 0.371 e. The largest absolute Gasteiger partial charge is 0.475 e. The summed E-state index contributed by atoms with van der Waals surface area (Å²) in [6.45, 7) is 3.07. The molecule has 0 radical (unpaired) electrons. The molecule has 0 aliphatic heterocycles. The molecule has 0 spiro atoms. The fraction of sp³-hybridized carbons (Fsp3) is 0.231. The number of rotatable bonds is 5. The average molecular weight is 310 g/mol. The van der Waals surface area contributed by atoms with Crippen LogP contribution in [0.4, 0.5) is 0 Å². The van der Waals surface area contributed by atoms with Gasteiger partial charge in [-0.25, -0.2) is 17.9 Å². The lowest BCUT2D eigenvalue weighted by molar-refractivity contribution is 0.0661. The summed E-state index contributed by atoms with van der Waals surface area (Å²) < 4.78 is 32.0. The molecule has 2 heterocycles. The molecule has 2 rings (SSSR count). The van der Waals surface area contributed by atoms with Crippen molar-refractivity contribution in [1.29, 1.82) is 0 Å². The standard InChI is InChI=1S/C13H14N2O5S/c1-8(10-4-3-5-14-7-10)15-21(18,19)12-6-11(13(16)17)20-9(12)2/h3-8,15H,1-2H3,(H,16,17). The Labute approximate surface area is 121 Å². The number of carboxylic acids is 1. The Morgan fingerprint density at radius 3 is 2.71 bits per heavy atom. The van der Waals surface area contributed by atoms with Crippen LogP contribution in [0.25, 0.3) is 0 Å². The molecule has 0 saturated heterocycles. The van der Waals surface area contributed by atoms with Crippen molar-refractivity contribution in [1.82, 2.24) is 9.71 Å². The van der Waals surface area contributed by atoms with Crippen molar-refractivity contribution < 1.29 is 22.7 Å². The number of hydrogen-bond acceptors (Lipinski definition) is 5. The van der Waals surface area contributed by atoms with Gasteiger partial charge in [0.25, 0.3) is 0 Å². The number of sulfonamides is 1. The van der Waals surface area contributed by atoms with Crippen LogP contribution in [0, 0.1) is 6.92 Å². The predicted molar refractivity (Wildman–Crippen MR) is 73.4 cm³/mol. The summed E-state index contributed by atoms with van der Waals surface area (Å²) in [6, 6.07) is 3.93. The first-order chi connectivity index (χ1) is 9.81. The number of nitrogens with zero attached hydrogens (tertiary/aromatic N) is 1. The van der Waals surface area contributed by atoms with E-state index in [0.29, 0.717) is 5.56 Å². The topological polar surface area (TPSA) is 109 Å². The van der Waals surface area contributed by atoms with Crippen LogP contribution in [0.1, 0.15) is 34.8 Å². The first kappa shape index (κ1) is 15.2. The van der Waals surface area contributed by atoms with Crippen LogP contribution in [0.3, 0.4) is 0 Å². The van der Waals surface area contributed by atoms with Crippen LogP contribution in [0.2, 0.25) is 0 Å². The van der Waals surface area contributed by atoms with Gasteiger partial charge in [0.05, 0.1) is 0 Å². The van der Waals surface area contributed by atoms with Crippen molar-refractivity contribution in [3.63, 3.8) is 0 Å². The quantitative estimate of drug-likeness (QED) is 0.870. The van der Waals surface area contributed by atoms with E-state index in [1.54, 1.807) is 31.5 Å². The molecular formula is C13H14N2O5S. The summed E-state index contributed by atoms with van der Waals surface area (Å²) in [5, 5.41) is 8.83. The second kappa shape index (κ2) is 5.66. The summed E-state index contributed by atoms with van der Waals surface area (Å²) in [6.07, 6.45) is 3.14. The predicted octanol–water partition coefficient (Wildman–Crippen LogP) is 1.72. The SMILES string of the molecule is Cc1oc(C(=O)O)cc1S(=O)(=O)NC(C)c1cccnc1. The Bertz CT molecular complexity index is 752. The van der Waals surface area contributed by atoms with E-state index in [2.05, 4.69) is 9.71 Å². The Kier molecular flexibility index (Phi) is 4.10. The number of aryl methyl sites for hydroxylation is 1. The van der Waals surface area contributed by atoms with Crippen molar-refractivity contribution in [2.75, 3.05) is 0 Å². The van der Waals surface area contributed by atoms with Gasteiger partial charge < -0.3 is 9.52 Å². The molecule has 2 aromatic heterocycles. The summed E-state index contributed by atoms with van der Waals surface area (Å²) in [5.41, 5.74) is 0.695. The van der Waals surface area contributed by atoms with Crippen LogP contribution in [0.5, 0.6) is 0 Å². The molecule has 0 aliphatic carbocycles. The lowest BCUT2D eigenvalue weighted by Gasteiger charge is -2.13. The normalized spacial score (nSPS) is 13.0. The number of hydrogen-bond donors (Lipinski definition) is 2. The van der Waals surface area contributed by atoms with Gasteiger partial charge in [0, 0.05) is 24.5 Å². The third-order valence-electron chi connectivity index (χ3n) is 2.89. The molecule has 0 amide bonds. The van der Waals surface area contributed by atoms with Crippen LogP contribution in [-0.2, 0) is 10.0 Å². The molecule has 112 valence electrons. The van der Waals surface area contributed by atoms with E-state index in [4.69, 9.17) is 9.52 Å². The van der Waals surface area contributed by atoms with Gasteiger partial charge in [-0.2, -0.15) is 0 Å². The highest BCUT2D eigenvalue weighted by molar-refractivity contribution is 7.89. The molecular weight excluding hydrogens is 296 g/mol. The number of nitrogens with one attached hydrogen (secondary N) is 1. The molecule has 2 aromatic rings. The molecule has 1 atom stereocenters. The highest BCUT2D eigenvalue weighted by Gasteiger charge is 2.25. The van der Waals surface area contributed by atoms with Gasteiger partial charge in [0.15, 0.2) is 0 Å². The number of aromatic nitrogens is 1. The third kappa shape index (κ3) is 3.29. The van der Waals surface area contributed by atoms with E-state index in [1.807, 2.05) is 0 Å². The Hall–Kier alpha value is -2.19. The minimum Gasteiger partial charge on any atom is -0.475 e. The van der Waals surface area contributed by atoms with E-state index in [0.717, 1.165) is 6.07 Å². The van der Waals surface area contributed by atoms with Gasteiger partial charge >= 0.3 is 5.97 Å². The van der Waals surface area contributed by atoms with Crippen LogP contribution in [0.15, 0.2) is 39.9 Å². The van der Waals surface area contributed by atoms with Gasteiger partial charge in [-0.3, -0.25) is 4.98 Å². The van der Waals surface area contributed by atoms with Crippen molar-refractivity contribution in [2.45, 2.75) is 24.8 Å². The fourth-order valence-electron chi connectivity index (χ4n) is 1.83. The second-order valence-corrected chi connectivity index (χ2v) is 6.15. The lowest BCUT2D eigenvalue weighted by atomic mass is 10.2. The van der Waals surface area contributed by atoms with Crippen molar-refractivity contribution in [3.8, 4) is 0 Å². The summed E-state index contributed by atoms with van der Waals surface area (Å²) in [4.78, 5) is 14.6. The molecule has 0 saturated carbocycles.